The van der Waals surface area contributed by atoms with Crippen LogP contribution in [0.4, 0.5) is 4.79 Å². The number of esters is 1. The number of methoxy groups -OCH3 is 2. The van der Waals surface area contributed by atoms with Gasteiger partial charge >= 0.3 is 12.0 Å². The maximum Gasteiger partial charge on any atom is 0.331 e. The van der Waals surface area contributed by atoms with Gasteiger partial charge in [-0.1, -0.05) is 19.8 Å². The molecule has 0 unspecified atom stereocenters. The molecule has 2 N–H and O–H groups in total. The van der Waals surface area contributed by atoms with E-state index in [1.165, 1.54) is 19.3 Å². The number of carbonyl (C=O) groups is 3. The third-order valence-electron chi connectivity index (χ3n) is 4.87. The van der Waals surface area contributed by atoms with Crippen molar-refractivity contribution in [1.29, 1.82) is 0 Å². The van der Waals surface area contributed by atoms with Crippen molar-refractivity contribution in [2.45, 2.75) is 38.6 Å². The lowest BCUT2D eigenvalue weighted by Crippen LogP contribution is -2.48. The lowest BCUT2D eigenvalue weighted by Gasteiger charge is -2.29. The summed E-state index contributed by atoms with van der Waals surface area (Å²) in [5.74, 6) is 0.135. The number of hydrogen-bond acceptors (Lipinski definition) is 6. The van der Waals surface area contributed by atoms with Crippen LogP contribution < -0.4 is 20.1 Å². The molecule has 0 bridgehead atoms. The normalized spacial score (nSPS) is 18.7. The number of nitrogens with one attached hydrogen (secondary N) is 2. The van der Waals surface area contributed by atoms with E-state index in [1.54, 1.807) is 25.3 Å². The van der Waals surface area contributed by atoms with Gasteiger partial charge in [-0.05, 0) is 37.0 Å². The van der Waals surface area contributed by atoms with Crippen LogP contribution in [-0.2, 0) is 14.3 Å². The molecule has 0 spiro atoms. The van der Waals surface area contributed by atoms with Gasteiger partial charge in [0.2, 0.25) is 0 Å². The van der Waals surface area contributed by atoms with Crippen LogP contribution in [0.1, 0.15) is 38.2 Å². The number of rotatable bonds is 7. The molecule has 0 saturated heterocycles. The van der Waals surface area contributed by atoms with Crippen molar-refractivity contribution in [3.05, 3.63) is 29.8 Å². The zero-order valence-electron chi connectivity index (χ0n) is 17.0. The Hall–Kier alpha value is -3.03. The van der Waals surface area contributed by atoms with Crippen LogP contribution in [0.15, 0.2) is 24.3 Å². The van der Waals surface area contributed by atoms with Crippen LogP contribution in [0.25, 0.3) is 6.08 Å². The van der Waals surface area contributed by atoms with Crippen molar-refractivity contribution in [1.82, 2.24) is 10.6 Å². The molecular formula is C21H28N2O6. The summed E-state index contributed by atoms with van der Waals surface area (Å²) in [7, 11) is 3.05. The largest absolute Gasteiger partial charge is 0.497 e. The summed E-state index contributed by atoms with van der Waals surface area (Å²) in [5, 5.41) is 4.99. The number of carbonyl (C=O) groups excluding carboxylic acids is 3. The zero-order valence-corrected chi connectivity index (χ0v) is 17.0. The van der Waals surface area contributed by atoms with E-state index >= 15 is 0 Å². The molecule has 8 nitrogen and oxygen atoms in total. The molecule has 1 aliphatic rings. The van der Waals surface area contributed by atoms with Gasteiger partial charge in [0.1, 0.15) is 11.5 Å². The van der Waals surface area contributed by atoms with Crippen LogP contribution in [-0.4, -0.2) is 44.8 Å². The molecular weight excluding hydrogens is 376 g/mol. The Morgan fingerprint density at radius 2 is 1.90 bits per heavy atom. The first-order chi connectivity index (χ1) is 13.9. The lowest BCUT2D eigenvalue weighted by molar-refractivity contribution is -0.143. The number of ether oxygens (including phenoxy) is 3. The van der Waals surface area contributed by atoms with E-state index in [9.17, 15) is 14.4 Å². The number of imide groups is 1. The van der Waals surface area contributed by atoms with Gasteiger partial charge in [0.15, 0.2) is 6.61 Å². The molecule has 8 heteroatoms. The third kappa shape index (κ3) is 7.14. The van der Waals surface area contributed by atoms with Crippen molar-refractivity contribution in [2.75, 3.05) is 20.8 Å². The molecule has 2 rings (SSSR count). The van der Waals surface area contributed by atoms with Crippen LogP contribution >= 0.6 is 0 Å². The van der Waals surface area contributed by atoms with Gasteiger partial charge in [0.05, 0.1) is 14.2 Å². The number of amides is 3. The summed E-state index contributed by atoms with van der Waals surface area (Å²) in [6, 6.07) is 4.63. The average molecular weight is 404 g/mol. The molecule has 3 amide bonds. The molecule has 1 aromatic rings. The predicted molar refractivity (Wildman–Crippen MR) is 108 cm³/mol. The Morgan fingerprint density at radius 3 is 2.59 bits per heavy atom. The summed E-state index contributed by atoms with van der Waals surface area (Å²) >= 11 is 0. The summed E-state index contributed by atoms with van der Waals surface area (Å²) in [6.07, 6.45) is 6.87. The summed E-state index contributed by atoms with van der Waals surface area (Å²) in [6.45, 7) is 1.54. The summed E-state index contributed by atoms with van der Waals surface area (Å²) in [5.41, 5.74) is 0.649. The average Bonchev–Trinajstić information content (AvgIpc) is 2.72. The maximum atomic E-state index is 11.9. The smallest absolute Gasteiger partial charge is 0.331 e. The molecule has 1 aromatic carbocycles. The van der Waals surface area contributed by atoms with Crippen LogP contribution in [0, 0.1) is 5.92 Å². The third-order valence-corrected chi connectivity index (χ3v) is 4.87. The highest BCUT2D eigenvalue weighted by atomic mass is 16.5. The minimum atomic E-state index is -0.709. The Bertz CT molecular complexity index is 762. The van der Waals surface area contributed by atoms with Crippen molar-refractivity contribution < 1.29 is 28.6 Å². The zero-order chi connectivity index (χ0) is 21.2. The Kier molecular flexibility index (Phi) is 8.51. The van der Waals surface area contributed by atoms with E-state index in [0.29, 0.717) is 23.0 Å². The van der Waals surface area contributed by atoms with Crippen molar-refractivity contribution in [2.24, 2.45) is 5.92 Å². The van der Waals surface area contributed by atoms with Crippen molar-refractivity contribution in [3.8, 4) is 11.5 Å². The lowest BCUT2D eigenvalue weighted by atomic mass is 9.86. The molecule has 158 valence electrons. The fourth-order valence-corrected chi connectivity index (χ4v) is 3.20. The van der Waals surface area contributed by atoms with Gasteiger partial charge < -0.3 is 19.5 Å². The van der Waals surface area contributed by atoms with Gasteiger partial charge in [-0.3, -0.25) is 10.1 Å². The first-order valence-electron chi connectivity index (χ1n) is 9.60. The monoisotopic (exact) mass is 404 g/mol. The Balaban J connectivity index is 1.77. The van der Waals surface area contributed by atoms with Crippen LogP contribution in [0.2, 0.25) is 0 Å². The fraction of sp³-hybridized carbons (Fsp3) is 0.476. The molecule has 1 fully saturated rings. The summed E-state index contributed by atoms with van der Waals surface area (Å²) < 4.78 is 15.2. The molecule has 0 aromatic heterocycles. The first-order valence-corrected chi connectivity index (χ1v) is 9.60. The second kappa shape index (κ2) is 11.1. The van der Waals surface area contributed by atoms with E-state index in [2.05, 4.69) is 17.6 Å². The number of hydrogen-bond donors (Lipinski definition) is 2. The first kappa shape index (κ1) is 22.3. The minimum absolute atomic E-state index is 0.0570. The fourth-order valence-electron chi connectivity index (χ4n) is 3.20. The Morgan fingerprint density at radius 1 is 1.14 bits per heavy atom. The van der Waals surface area contributed by atoms with Gasteiger partial charge in [0.25, 0.3) is 5.91 Å². The van der Waals surface area contributed by atoms with Gasteiger partial charge in [0, 0.05) is 23.7 Å². The Labute approximate surface area is 170 Å². The molecule has 1 aliphatic carbocycles. The van der Waals surface area contributed by atoms with E-state index in [1.807, 2.05) is 0 Å². The van der Waals surface area contributed by atoms with Crippen molar-refractivity contribution >= 4 is 24.0 Å². The molecule has 2 atom stereocenters. The number of benzene rings is 1. The molecule has 29 heavy (non-hydrogen) atoms. The van der Waals surface area contributed by atoms with E-state index in [0.717, 1.165) is 25.7 Å². The summed E-state index contributed by atoms with van der Waals surface area (Å²) in [4.78, 5) is 35.6. The second-order valence-electron chi connectivity index (χ2n) is 6.94. The quantitative estimate of drug-likeness (QED) is 0.535. The van der Waals surface area contributed by atoms with Crippen LogP contribution in [0.5, 0.6) is 11.5 Å². The standard InChI is InChI=1S/C21H28N2O6/c1-14-6-4-5-7-17(14)22-21(26)23-19(24)13-29-20(25)11-9-15-8-10-16(27-2)12-18(15)28-3/h8-12,14,17H,4-7,13H2,1-3H3,(H2,22,23,24,26)/b11-9+/t14-,17-/m0/s1. The topological polar surface area (TPSA) is 103 Å². The maximum absolute atomic E-state index is 11.9. The minimum Gasteiger partial charge on any atom is -0.497 e. The second-order valence-corrected chi connectivity index (χ2v) is 6.94. The highest BCUT2D eigenvalue weighted by Crippen LogP contribution is 2.25. The SMILES string of the molecule is COc1ccc(/C=C/C(=O)OCC(=O)NC(=O)N[C@H]2CCCC[C@@H]2C)c(OC)c1. The number of urea groups is 1. The van der Waals surface area contributed by atoms with E-state index in [4.69, 9.17) is 14.2 Å². The molecule has 0 aliphatic heterocycles. The highest BCUT2D eigenvalue weighted by Gasteiger charge is 2.23. The van der Waals surface area contributed by atoms with Gasteiger partial charge in [-0.15, -0.1) is 0 Å². The predicted octanol–water partition coefficient (Wildman–Crippen LogP) is 2.66. The highest BCUT2D eigenvalue weighted by molar-refractivity contribution is 5.96. The van der Waals surface area contributed by atoms with E-state index in [-0.39, 0.29) is 6.04 Å². The van der Waals surface area contributed by atoms with Crippen LogP contribution in [0.3, 0.4) is 0 Å². The van der Waals surface area contributed by atoms with E-state index < -0.39 is 24.5 Å². The van der Waals surface area contributed by atoms with Gasteiger partial charge in [-0.25, -0.2) is 9.59 Å². The van der Waals surface area contributed by atoms with Crippen molar-refractivity contribution in [3.63, 3.8) is 0 Å². The molecule has 0 radical (unpaired) electrons. The van der Waals surface area contributed by atoms with Gasteiger partial charge in [-0.2, -0.15) is 0 Å². The molecule has 0 heterocycles. The molecule has 1 saturated carbocycles.